The molecule has 0 unspecified atom stereocenters. The lowest BCUT2D eigenvalue weighted by Gasteiger charge is -2.10. The molecule has 0 bridgehead atoms. The number of hydrogen-bond acceptors (Lipinski definition) is 3. The first-order valence-corrected chi connectivity index (χ1v) is 9.95. The molecule has 30 heavy (non-hydrogen) atoms. The van der Waals surface area contributed by atoms with E-state index in [9.17, 15) is 9.90 Å². The smallest absolute Gasteiger partial charge is 0.352 e. The number of fused-ring (bicyclic) bond motifs is 1. The largest absolute Gasteiger partial charge is 0.477 e. The molecule has 0 spiro atoms. The van der Waals surface area contributed by atoms with Gasteiger partial charge in [0, 0.05) is 42.5 Å². The van der Waals surface area contributed by atoms with Gasteiger partial charge in [-0.3, -0.25) is 0 Å². The van der Waals surface area contributed by atoms with Gasteiger partial charge < -0.3 is 19.4 Å². The summed E-state index contributed by atoms with van der Waals surface area (Å²) in [5.74, 6) is -0.0110. The maximum absolute atomic E-state index is 12.2. The molecule has 4 rings (SSSR count). The van der Waals surface area contributed by atoms with Crippen LogP contribution in [0.4, 0.5) is 0 Å². The van der Waals surface area contributed by atoms with E-state index in [4.69, 9.17) is 4.42 Å². The standard InChI is InChI=1S/C25H24N2O3/c1-2-18-9-11-19(12-10-18)17-27-23-8-4-3-7-21(23)22(24(27)25(28)29)16-26-14-13-20-6-5-15-30-20/h2-12,15,26H,1,13-14,16-17H2,(H,28,29). The van der Waals surface area contributed by atoms with Crippen molar-refractivity contribution in [3.63, 3.8) is 0 Å². The number of aromatic nitrogens is 1. The molecule has 2 aromatic heterocycles. The van der Waals surface area contributed by atoms with Crippen LogP contribution in [-0.2, 0) is 19.5 Å². The van der Waals surface area contributed by atoms with Crippen LogP contribution in [0.5, 0.6) is 0 Å². The second kappa shape index (κ2) is 8.84. The van der Waals surface area contributed by atoms with E-state index in [1.54, 1.807) is 12.3 Å². The topological polar surface area (TPSA) is 67.4 Å². The summed E-state index contributed by atoms with van der Waals surface area (Å²) in [7, 11) is 0. The fraction of sp³-hybridized carbons (Fsp3) is 0.160. The molecule has 0 amide bonds. The van der Waals surface area contributed by atoms with Crippen LogP contribution in [0.1, 0.15) is 32.9 Å². The zero-order valence-electron chi connectivity index (χ0n) is 16.7. The summed E-state index contributed by atoms with van der Waals surface area (Å²) in [6, 6.07) is 19.7. The summed E-state index contributed by atoms with van der Waals surface area (Å²) in [4.78, 5) is 12.2. The lowest BCUT2D eigenvalue weighted by Crippen LogP contribution is -2.19. The molecular weight excluding hydrogens is 376 g/mol. The second-order valence-corrected chi connectivity index (χ2v) is 7.19. The van der Waals surface area contributed by atoms with E-state index in [1.165, 1.54) is 0 Å². The second-order valence-electron chi connectivity index (χ2n) is 7.19. The zero-order chi connectivity index (χ0) is 20.9. The van der Waals surface area contributed by atoms with Crippen LogP contribution in [0.2, 0.25) is 0 Å². The van der Waals surface area contributed by atoms with Gasteiger partial charge in [0.2, 0.25) is 0 Å². The SMILES string of the molecule is C=Cc1ccc(Cn2c(C(=O)O)c(CNCCc3ccco3)c3ccccc32)cc1. The first kappa shape index (κ1) is 19.7. The summed E-state index contributed by atoms with van der Waals surface area (Å²) < 4.78 is 7.25. The third kappa shape index (κ3) is 4.07. The number of carboxylic acids is 1. The zero-order valence-corrected chi connectivity index (χ0v) is 16.7. The Kier molecular flexibility index (Phi) is 5.82. The predicted octanol–water partition coefficient (Wildman–Crippen LogP) is 4.96. The van der Waals surface area contributed by atoms with E-state index in [2.05, 4.69) is 11.9 Å². The van der Waals surface area contributed by atoms with Crippen molar-refractivity contribution in [2.24, 2.45) is 0 Å². The number of hydrogen-bond donors (Lipinski definition) is 2. The Balaban J connectivity index is 1.64. The highest BCUT2D eigenvalue weighted by Gasteiger charge is 2.22. The van der Waals surface area contributed by atoms with Crippen LogP contribution in [0.15, 0.2) is 77.9 Å². The number of aromatic carboxylic acids is 1. The first-order chi connectivity index (χ1) is 14.7. The molecule has 0 aliphatic carbocycles. The monoisotopic (exact) mass is 400 g/mol. The number of nitrogens with zero attached hydrogens (tertiary/aromatic N) is 1. The fourth-order valence-electron chi connectivity index (χ4n) is 3.78. The fourth-order valence-corrected chi connectivity index (χ4v) is 3.78. The molecule has 152 valence electrons. The van der Waals surface area contributed by atoms with Crippen LogP contribution < -0.4 is 5.32 Å². The Labute approximate surface area is 175 Å². The van der Waals surface area contributed by atoms with E-state index >= 15 is 0 Å². The van der Waals surface area contributed by atoms with Crippen LogP contribution in [0.3, 0.4) is 0 Å². The Morgan fingerprint density at radius 1 is 1.10 bits per heavy atom. The molecule has 2 aromatic carbocycles. The molecule has 0 aliphatic heterocycles. The highest BCUT2D eigenvalue weighted by atomic mass is 16.4. The van der Waals surface area contributed by atoms with Crippen molar-refractivity contribution in [1.29, 1.82) is 0 Å². The summed E-state index contributed by atoms with van der Waals surface area (Å²) in [5.41, 5.74) is 4.14. The molecular formula is C25H24N2O3. The lowest BCUT2D eigenvalue weighted by molar-refractivity contribution is 0.0684. The molecule has 0 atom stereocenters. The molecule has 5 nitrogen and oxygen atoms in total. The van der Waals surface area contributed by atoms with Gasteiger partial charge in [0.05, 0.1) is 6.26 Å². The lowest BCUT2D eigenvalue weighted by atomic mass is 10.1. The minimum Gasteiger partial charge on any atom is -0.477 e. The summed E-state index contributed by atoms with van der Waals surface area (Å²) in [6.45, 7) is 5.46. The van der Waals surface area contributed by atoms with Gasteiger partial charge in [-0.1, -0.05) is 55.1 Å². The highest BCUT2D eigenvalue weighted by molar-refractivity contribution is 5.98. The van der Waals surface area contributed by atoms with Gasteiger partial charge in [-0.05, 0) is 29.3 Å². The van der Waals surface area contributed by atoms with E-state index in [-0.39, 0.29) is 0 Å². The van der Waals surface area contributed by atoms with Crippen molar-refractivity contribution in [3.05, 3.63) is 102 Å². The molecule has 0 saturated carbocycles. The minimum atomic E-state index is -0.920. The first-order valence-electron chi connectivity index (χ1n) is 9.95. The van der Waals surface area contributed by atoms with Gasteiger partial charge >= 0.3 is 5.97 Å². The van der Waals surface area contributed by atoms with Crippen molar-refractivity contribution in [2.45, 2.75) is 19.5 Å². The van der Waals surface area contributed by atoms with Gasteiger partial charge in [0.1, 0.15) is 11.5 Å². The summed E-state index contributed by atoms with van der Waals surface area (Å²) in [6.07, 6.45) is 4.21. The van der Waals surface area contributed by atoms with E-state index < -0.39 is 5.97 Å². The predicted molar refractivity (Wildman–Crippen MR) is 119 cm³/mol. The van der Waals surface area contributed by atoms with Crippen LogP contribution in [-0.4, -0.2) is 22.2 Å². The number of rotatable bonds is 9. The van der Waals surface area contributed by atoms with Gasteiger partial charge in [-0.15, -0.1) is 0 Å². The molecule has 5 heteroatoms. The van der Waals surface area contributed by atoms with Crippen LogP contribution >= 0.6 is 0 Å². The molecule has 0 saturated heterocycles. The molecule has 0 radical (unpaired) electrons. The highest BCUT2D eigenvalue weighted by Crippen LogP contribution is 2.27. The molecule has 4 aromatic rings. The number of nitrogens with one attached hydrogen (secondary N) is 1. The van der Waals surface area contributed by atoms with Crippen molar-refractivity contribution >= 4 is 22.9 Å². The van der Waals surface area contributed by atoms with E-state index in [0.29, 0.717) is 25.3 Å². The van der Waals surface area contributed by atoms with Crippen LogP contribution in [0.25, 0.3) is 17.0 Å². The normalized spacial score (nSPS) is 11.1. The minimum absolute atomic E-state index is 0.328. The number of carboxylic acid groups (broad SMARTS) is 1. The summed E-state index contributed by atoms with van der Waals surface area (Å²) >= 11 is 0. The number of para-hydroxylation sites is 1. The van der Waals surface area contributed by atoms with Gasteiger partial charge in [0.25, 0.3) is 0 Å². The average molecular weight is 400 g/mol. The number of benzene rings is 2. The number of carbonyl (C=O) groups is 1. The maximum Gasteiger partial charge on any atom is 0.352 e. The third-order valence-corrected chi connectivity index (χ3v) is 5.26. The van der Waals surface area contributed by atoms with Crippen molar-refractivity contribution in [2.75, 3.05) is 6.54 Å². The molecule has 2 N–H and O–H groups in total. The van der Waals surface area contributed by atoms with E-state index in [0.717, 1.165) is 39.8 Å². The third-order valence-electron chi connectivity index (χ3n) is 5.26. The van der Waals surface area contributed by atoms with Crippen molar-refractivity contribution in [1.82, 2.24) is 9.88 Å². The Hall–Kier alpha value is -3.57. The van der Waals surface area contributed by atoms with Gasteiger partial charge in [0.15, 0.2) is 0 Å². The Morgan fingerprint density at radius 3 is 2.60 bits per heavy atom. The van der Waals surface area contributed by atoms with Gasteiger partial charge in [-0.2, -0.15) is 0 Å². The van der Waals surface area contributed by atoms with Gasteiger partial charge in [-0.25, -0.2) is 4.79 Å². The van der Waals surface area contributed by atoms with Crippen molar-refractivity contribution < 1.29 is 14.3 Å². The maximum atomic E-state index is 12.2. The van der Waals surface area contributed by atoms with Crippen LogP contribution in [0, 0.1) is 0 Å². The quantitative estimate of drug-likeness (QED) is 0.390. The van der Waals surface area contributed by atoms with E-state index in [1.807, 2.05) is 65.2 Å². The molecule has 0 aliphatic rings. The van der Waals surface area contributed by atoms with Crippen molar-refractivity contribution in [3.8, 4) is 0 Å². The Bertz CT molecular complexity index is 1160. The molecule has 0 fully saturated rings. The Morgan fingerprint density at radius 2 is 1.90 bits per heavy atom. The number of furan rings is 1. The molecule has 2 heterocycles. The average Bonchev–Trinajstić information content (AvgIpc) is 3.38. The summed E-state index contributed by atoms with van der Waals surface area (Å²) in [5, 5.41) is 14.4.